The molecule has 0 fully saturated rings. The number of allylic oxidation sites excluding steroid dienone is 1. The fraction of sp³-hybridized carbons (Fsp3) is 0.300. The van der Waals surface area contributed by atoms with Gasteiger partial charge >= 0.3 is 0 Å². The Morgan fingerprint density at radius 3 is 2.92 bits per heavy atom. The zero-order valence-electron chi connectivity index (χ0n) is 7.28. The van der Waals surface area contributed by atoms with Gasteiger partial charge in [-0.2, -0.15) is 0 Å². The molecule has 1 aromatic rings. The SMILES string of the molecule is C/C(=C\c1ccco1)C(C)C=O. The molecule has 0 spiro atoms. The minimum atomic E-state index is -0.0323. The molecule has 1 rings (SSSR count). The molecule has 1 aromatic heterocycles. The highest BCUT2D eigenvalue weighted by Gasteiger charge is 2.01. The van der Waals surface area contributed by atoms with Gasteiger partial charge in [-0.1, -0.05) is 12.5 Å². The van der Waals surface area contributed by atoms with Gasteiger partial charge in [0.1, 0.15) is 12.0 Å². The first kappa shape index (κ1) is 8.78. The van der Waals surface area contributed by atoms with Gasteiger partial charge in [-0.25, -0.2) is 0 Å². The van der Waals surface area contributed by atoms with Crippen LogP contribution >= 0.6 is 0 Å². The lowest BCUT2D eigenvalue weighted by atomic mass is 10.0. The number of aldehydes is 1. The summed E-state index contributed by atoms with van der Waals surface area (Å²) in [4.78, 5) is 10.4. The summed E-state index contributed by atoms with van der Waals surface area (Å²) in [7, 11) is 0. The van der Waals surface area contributed by atoms with Gasteiger partial charge in [-0.15, -0.1) is 0 Å². The molecule has 0 aliphatic rings. The van der Waals surface area contributed by atoms with Gasteiger partial charge < -0.3 is 9.21 Å². The zero-order chi connectivity index (χ0) is 8.97. The van der Waals surface area contributed by atoms with Crippen molar-refractivity contribution in [2.45, 2.75) is 13.8 Å². The van der Waals surface area contributed by atoms with Crippen LogP contribution in [-0.2, 0) is 4.79 Å². The fourth-order valence-corrected chi connectivity index (χ4v) is 0.837. The van der Waals surface area contributed by atoms with E-state index in [9.17, 15) is 4.79 Å². The Labute approximate surface area is 71.9 Å². The predicted molar refractivity (Wildman–Crippen MR) is 47.6 cm³/mol. The smallest absolute Gasteiger partial charge is 0.126 e. The van der Waals surface area contributed by atoms with Gasteiger partial charge in [0.25, 0.3) is 0 Å². The van der Waals surface area contributed by atoms with Crippen molar-refractivity contribution >= 4 is 12.4 Å². The second-order valence-electron chi connectivity index (χ2n) is 2.83. The summed E-state index contributed by atoms with van der Waals surface area (Å²) in [6, 6.07) is 3.69. The van der Waals surface area contributed by atoms with Crippen molar-refractivity contribution in [2.24, 2.45) is 5.92 Å². The van der Waals surface area contributed by atoms with E-state index in [1.807, 2.05) is 32.1 Å². The van der Waals surface area contributed by atoms with Crippen LogP contribution in [0, 0.1) is 5.92 Å². The van der Waals surface area contributed by atoms with Crippen LogP contribution in [0.3, 0.4) is 0 Å². The minimum absolute atomic E-state index is 0.0323. The summed E-state index contributed by atoms with van der Waals surface area (Å²) in [5.74, 6) is 0.760. The van der Waals surface area contributed by atoms with E-state index in [0.29, 0.717) is 0 Å². The molecule has 0 saturated carbocycles. The standard InChI is InChI=1S/C10H12O2/c1-8(9(2)7-11)6-10-4-3-5-12-10/h3-7,9H,1-2H3/b8-6+. The summed E-state index contributed by atoms with van der Waals surface area (Å²) in [5, 5.41) is 0. The second kappa shape index (κ2) is 3.90. The summed E-state index contributed by atoms with van der Waals surface area (Å²) < 4.78 is 5.11. The molecule has 1 atom stereocenters. The molecule has 1 heterocycles. The highest BCUT2D eigenvalue weighted by Crippen LogP contribution is 2.12. The number of carbonyl (C=O) groups excluding carboxylic acids is 1. The highest BCUT2D eigenvalue weighted by atomic mass is 16.3. The Morgan fingerprint density at radius 2 is 2.42 bits per heavy atom. The van der Waals surface area contributed by atoms with Crippen LogP contribution in [0.15, 0.2) is 28.4 Å². The second-order valence-corrected chi connectivity index (χ2v) is 2.83. The fourth-order valence-electron chi connectivity index (χ4n) is 0.837. The molecule has 1 unspecified atom stereocenters. The van der Waals surface area contributed by atoms with Crippen LogP contribution in [0.2, 0.25) is 0 Å². The summed E-state index contributed by atoms with van der Waals surface area (Å²) in [6.45, 7) is 3.78. The first-order valence-electron chi connectivity index (χ1n) is 3.91. The van der Waals surface area contributed by atoms with E-state index in [1.165, 1.54) is 0 Å². The van der Waals surface area contributed by atoms with Crippen molar-refractivity contribution in [1.82, 2.24) is 0 Å². The van der Waals surface area contributed by atoms with E-state index in [0.717, 1.165) is 17.6 Å². The molecule has 0 aliphatic carbocycles. The molecule has 0 N–H and O–H groups in total. The number of carbonyl (C=O) groups is 1. The van der Waals surface area contributed by atoms with E-state index >= 15 is 0 Å². The topological polar surface area (TPSA) is 30.2 Å². The average molecular weight is 164 g/mol. The number of hydrogen-bond acceptors (Lipinski definition) is 2. The van der Waals surface area contributed by atoms with Gasteiger partial charge in [-0.05, 0) is 25.1 Å². The lowest BCUT2D eigenvalue weighted by Gasteiger charge is -2.01. The summed E-state index contributed by atoms with van der Waals surface area (Å²) >= 11 is 0. The predicted octanol–water partition coefficient (Wildman–Crippen LogP) is 2.52. The van der Waals surface area contributed by atoms with E-state index in [2.05, 4.69) is 0 Å². The van der Waals surface area contributed by atoms with E-state index in [-0.39, 0.29) is 5.92 Å². The van der Waals surface area contributed by atoms with Crippen LogP contribution < -0.4 is 0 Å². The monoisotopic (exact) mass is 164 g/mol. The molecule has 0 bridgehead atoms. The quantitative estimate of drug-likeness (QED) is 0.642. The molecular weight excluding hydrogens is 152 g/mol. The third kappa shape index (κ3) is 2.09. The van der Waals surface area contributed by atoms with Gasteiger partial charge in [0, 0.05) is 5.92 Å². The van der Waals surface area contributed by atoms with Crippen LogP contribution in [-0.4, -0.2) is 6.29 Å². The molecule has 0 aliphatic heterocycles. The maximum absolute atomic E-state index is 10.4. The lowest BCUT2D eigenvalue weighted by Crippen LogP contribution is -1.96. The van der Waals surface area contributed by atoms with E-state index in [4.69, 9.17) is 4.42 Å². The van der Waals surface area contributed by atoms with E-state index in [1.54, 1.807) is 6.26 Å². The van der Waals surface area contributed by atoms with Crippen molar-refractivity contribution in [3.05, 3.63) is 29.7 Å². The third-order valence-corrected chi connectivity index (χ3v) is 1.84. The molecule has 2 heteroatoms. The van der Waals surface area contributed by atoms with Gasteiger partial charge in [-0.3, -0.25) is 0 Å². The van der Waals surface area contributed by atoms with Gasteiger partial charge in [0.2, 0.25) is 0 Å². The molecule has 0 aromatic carbocycles. The largest absolute Gasteiger partial charge is 0.465 e. The zero-order valence-corrected chi connectivity index (χ0v) is 7.28. The summed E-state index contributed by atoms with van der Waals surface area (Å²) in [6.07, 6.45) is 4.42. The van der Waals surface area contributed by atoms with Crippen molar-refractivity contribution in [2.75, 3.05) is 0 Å². The Bertz CT molecular complexity index is 270. The van der Waals surface area contributed by atoms with Crippen LogP contribution in [0.25, 0.3) is 6.08 Å². The van der Waals surface area contributed by atoms with Gasteiger partial charge in [0.05, 0.1) is 6.26 Å². The summed E-state index contributed by atoms with van der Waals surface area (Å²) in [5.41, 5.74) is 1.01. The van der Waals surface area contributed by atoms with Crippen LogP contribution in [0.1, 0.15) is 19.6 Å². The molecule has 0 amide bonds. The number of furan rings is 1. The molecule has 64 valence electrons. The van der Waals surface area contributed by atoms with Crippen LogP contribution in [0.4, 0.5) is 0 Å². The van der Waals surface area contributed by atoms with Crippen molar-refractivity contribution < 1.29 is 9.21 Å². The van der Waals surface area contributed by atoms with Crippen LogP contribution in [0.5, 0.6) is 0 Å². The Morgan fingerprint density at radius 1 is 1.67 bits per heavy atom. The van der Waals surface area contributed by atoms with Crippen molar-refractivity contribution in [3.8, 4) is 0 Å². The third-order valence-electron chi connectivity index (χ3n) is 1.84. The van der Waals surface area contributed by atoms with Crippen molar-refractivity contribution in [3.63, 3.8) is 0 Å². The van der Waals surface area contributed by atoms with E-state index < -0.39 is 0 Å². The Kier molecular flexibility index (Phi) is 2.86. The lowest BCUT2D eigenvalue weighted by molar-refractivity contribution is -0.109. The Hall–Kier alpha value is -1.31. The molecule has 0 radical (unpaired) electrons. The normalized spacial score (nSPS) is 14.3. The molecule has 0 saturated heterocycles. The van der Waals surface area contributed by atoms with Crippen molar-refractivity contribution in [1.29, 1.82) is 0 Å². The Balaban J connectivity index is 2.75. The van der Waals surface area contributed by atoms with Gasteiger partial charge in [0.15, 0.2) is 0 Å². The molecule has 2 nitrogen and oxygen atoms in total. The maximum atomic E-state index is 10.4. The molecule has 12 heavy (non-hydrogen) atoms. The minimum Gasteiger partial charge on any atom is -0.465 e. The number of hydrogen-bond donors (Lipinski definition) is 0. The first-order chi connectivity index (χ1) is 5.74. The first-order valence-corrected chi connectivity index (χ1v) is 3.91. The average Bonchev–Trinajstić information content (AvgIpc) is 2.55. The maximum Gasteiger partial charge on any atom is 0.126 e. The number of rotatable bonds is 3. The molecular formula is C10H12O2. The highest BCUT2D eigenvalue weighted by molar-refractivity contribution is 5.62.